The summed E-state index contributed by atoms with van der Waals surface area (Å²) >= 11 is 0. The minimum atomic E-state index is -0.555. The molecule has 1 atom stereocenters. The van der Waals surface area contributed by atoms with Gasteiger partial charge in [-0.15, -0.1) is 0 Å². The van der Waals surface area contributed by atoms with E-state index in [4.69, 9.17) is 9.26 Å². The Kier molecular flexibility index (Phi) is 6.11. The number of carbonyl (C=O) groups is 2. The number of Topliss-reactive ketones (excluding diaryl/α,β-unsaturated/α-hetero) is 1. The first-order valence-electron chi connectivity index (χ1n) is 11.8. The largest absolute Gasteiger partial charge is 0.503 e. The van der Waals surface area contributed by atoms with Crippen LogP contribution >= 0.6 is 0 Å². The van der Waals surface area contributed by atoms with E-state index >= 15 is 0 Å². The number of benzene rings is 2. The lowest BCUT2D eigenvalue weighted by Gasteiger charge is -2.35. The molecule has 1 aliphatic carbocycles. The van der Waals surface area contributed by atoms with Crippen molar-refractivity contribution in [1.29, 1.82) is 0 Å². The molecule has 5 rings (SSSR count). The number of aliphatic hydroxyl groups excluding tert-OH is 1. The van der Waals surface area contributed by atoms with Gasteiger partial charge in [-0.2, -0.15) is 4.98 Å². The third-order valence-electron chi connectivity index (χ3n) is 6.87. The van der Waals surface area contributed by atoms with Gasteiger partial charge in [0.15, 0.2) is 11.5 Å². The number of carbonyl (C=O) groups excluding carboxylic acids is 2. The first-order valence-corrected chi connectivity index (χ1v) is 11.8. The van der Waals surface area contributed by atoms with E-state index in [1.165, 1.54) is 0 Å². The van der Waals surface area contributed by atoms with E-state index in [0.717, 1.165) is 37.7 Å². The summed E-state index contributed by atoms with van der Waals surface area (Å²) in [6.07, 6.45) is 4.98. The van der Waals surface area contributed by atoms with E-state index < -0.39 is 17.7 Å². The van der Waals surface area contributed by atoms with Gasteiger partial charge in [0.1, 0.15) is 5.75 Å². The zero-order valence-electron chi connectivity index (χ0n) is 19.7. The highest BCUT2D eigenvalue weighted by Crippen LogP contribution is 2.41. The molecule has 180 valence electrons. The monoisotopic (exact) mass is 473 g/mol. The van der Waals surface area contributed by atoms with Crippen LogP contribution in [0.1, 0.15) is 48.4 Å². The lowest BCUT2D eigenvalue weighted by atomic mass is 9.79. The van der Waals surface area contributed by atoms with E-state index in [1.807, 2.05) is 12.1 Å². The summed E-state index contributed by atoms with van der Waals surface area (Å²) in [5.41, 5.74) is 1.94. The number of hydrogen-bond acceptors (Lipinski definition) is 7. The lowest BCUT2D eigenvalue weighted by Crippen LogP contribution is -2.42. The van der Waals surface area contributed by atoms with Crippen LogP contribution in [-0.4, -0.2) is 40.1 Å². The van der Waals surface area contributed by atoms with Crippen LogP contribution in [0.15, 0.2) is 64.4 Å². The first kappa shape index (κ1) is 22.8. The van der Waals surface area contributed by atoms with Crippen LogP contribution in [0.25, 0.3) is 11.4 Å². The number of methoxy groups -OCH3 is 1. The van der Waals surface area contributed by atoms with Crippen molar-refractivity contribution >= 4 is 17.4 Å². The molecule has 35 heavy (non-hydrogen) atoms. The summed E-state index contributed by atoms with van der Waals surface area (Å²) in [5, 5.41) is 14.9. The van der Waals surface area contributed by atoms with Crippen LogP contribution in [0.2, 0.25) is 0 Å². The number of anilines is 1. The highest BCUT2D eigenvalue weighted by atomic mass is 16.5. The van der Waals surface area contributed by atoms with Crippen molar-refractivity contribution in [2.45, 2.75) is 45.1 Å². The fourth-order valence-electron chi connectivity index (χ4n) is 5.13. The van der Waals surface area contributed by atoms with Crippen LogP contribution in [0.5, 0.6) is 5.75 Å². The molecule has 1 N–H and O–H groups in total. The van der Waals surface area contributed by atoms with Crippen molar-refractivity contribution in [3.8, 4) is 17.1 Å². The van der Waals surface area contributed by atoms with Crippen LogP contribution < -0.4 is 9.64 Å². The second-order valence-electron chi connectivity index (χ2n) is 9.02. The van der Waals surface area contributed by atoms with E-state index in [9.17, 15) is 14.7 Å². The molecular formula is C27H27N3O5. The molecular weight excluding hydrogens is 446 g/mol. The Labute approximate surface area is 203 Å². The fraction of sp³-hybridized carbons (Fsp3) is 0.333. The lowest BCUT2D eigenvalue weighted by molar-refractivity contribution is -0.117. The van der Waals surface area contributed by atoms with Crippen molar-refractivity contribution in [2.75, 3.05) is 12.0 Å². The Morgan fingerprint density at radius 1 is 1.06 bits per heavy atom. The van der Waals surface area contributed by atoms with E-state index in [0.29, 0.717) is 28.7 Å². The maximum absolute atomic E-state index is 13.6. The number of aliphatic hydroxyl groups is 1. The third-order valence-corrected chi connectivity index (χ3v) is 6.87. The first-order chi connectivity index (χ1) is 17.0. The van der Waals surface area contributed by atoms with Crippen LogP contribution in [0.3, 0.4) is 0 Å². The molecule has 2 aliphatic rings. The number of aromatic nitrogens is 2. The van der Waals surface area contributed by atoms with Gasteiger partial charge >= 0.3 is 0 Å². The second kappa shape index (κ2) is 9.37. The van der Waals surface area contributed by atoms with E-state index in [2.05, 4.69) is 10.1 Å². The molecule has 8 nitrogen and oxygen atoms in total. The number of rotatable bonds is 6. The van der Waals surface area contributed by atoms with Gasteiger partial charge in [0.2, 0.25) is 11.7 Å². The second-order valence-corrected chi connectivity index (χ2v) is 9.02. The predicted molar refractivity (Wildman–Crippen MR) is 129 cm³/mol. The topological polar surface area (TPSA) is 106 Å². The van der Waals surface area contributed by atoms with Gasteiger partial charge in [-0.1, -0.05) is 24.4 Å². The minimum absolute atomic E-state index is 0.0779. The van der Waals surface area contributed by atoms with Crippen molar-refractivity contribution in [3.05, 3.63) is 71.3 Å². The number of amides is 1. The number of ether oxygens (including phenoxy) is 1. The Bertz CT molecular complexity index is 1270. The van der Waals surface area contributed by atoms with Crippen molar-refractivity contribution in [2.24, 2.45) is 5.92 Å². The van der Waals surface area contributed by atoms with Gasteiger partial charge in [0, 0.05) is 23.7 Å². The third kappa shape index (κ3) is 4.20. The zero-order valence-corrected chi connectivity index (χ0v) is 19.7. The van der Waals surface area contributed by atoms with Crippen molar-refractivity contribution in [3.63, 3.8) is 0 Å². The Morgan fingerprint density at radius 2 is 1.74 bits per heavy atom. The molecule has 2 heterocycles. The molecule has 1 saturated carbocycles. The summed E-state index contributed by atoms with van der Waals surface area (Å²) in [7, 11) is 1.56. The average molecular weight is 474 g/mol. The highest BCUT2D eigenvalue weighted by Gasteiger charge is 2.47. The molecule has 0 spiro atoms. The molecule has 8 heteroatoms. The molecule has 1 aromatic heterocycles. The number of ketones is 1. The summed E-state index contributed by atoms with van der Waals surface area (Å²) < 4.78 is 10.3. The van der Waals surface area contributed by atoms with Crippen LogP contribution in [0, 0.1) is 12.8 Å². The summed E-state index contributed by atoms with van der Waals surface area (Å²) in [4.78, 5) is 32.8. The van der Waals surface area contributed by atoms with Gasteiger partial charge < -0.3 is 14.4 Å². The van der Waals surface area contributed by atoms with Gasteiger partial charge in [-0.3, -0.25) is 14.5 Å². The molecule has 3 aromatic rings. The predicted octanol–water partition coefficient (Wildman–Crippen LogP) is 5.04. The maximum Gasteiger partial charge on any atom is 0.294 e. The van der Waals surface area contributed by atoms with Gasteiger partial charge in [0.25, 0.3) is 5.91 Å². The number of nitrogens with zero attached hydrogens (tertiary/aromatic N) is 3. The molecule has 1 aliphatic heterocycles. The quantitative estimate of drug-likeness (QED) is 0.500. The summed E-state index contributed by atoms with van der Waals surface area (Å²) in [6, 6.07) is 13.4. The number of hydrogen-bond donors (Lipinski definition) is 1. The Morgan fingerprint density at radius 3 is 2.34 bits per heavy atom. The smallest absolute Gasteiger partial charge is 0.294 e. The van der Waals surface area contributed by atoms with E-state index in [1.54, 1.807) is 55.3 Å². The van der Waals surface area contributed by atoms with Crippen LogP contribution in [0.4, 0.5) is 5.69 Å². The molecule has 2 aromatic carbocycles. The van der Waals surface area contributed by atoms with Crippen LogP contribution in [-0.2, 0) is 4.79 Å². The molecule has 1 amide bonds. The standard InChI is InChI=1S/C27H27N3O5/c1-16-28-26(29-35-16)19-8-12-20(13-9-19)30-23(17-6-4-3-5-7-17)22(25(32)27(30)33)24(31)18-10-14-21(34-2)15-11-18/h8-15,17,23,32H,3-7H2,1-2H3. The fourth-order valence-corrected chi connectivity index (χ4v) is 5.13. The summed E-state index contributed by atoms with van der Waals surface area (Å²) in [5.74, 6) is 0.267. The van der Waals surface area contributed by atoms with Gasteiger partial charge in [0.05, 0.1) is 18.7 Å². The molecule has 0 saturated heterocycles. The molecule has 0 radical (unpaired) electrons. The van der Waals surface area contributed by atoms with E-state index in [-0.39, 0.29) is 17.3 Å². The SMILES string of the molecule is COc1ccc(C(=O)C2=C(O)C(=O)N(c3ccc(-c4noc(C)n4)cc3)C2C2CCCCC2)cc1. The van der Waals surface area contributed by atoms with Crippen molar-refractivity contribution < 1.29 is 24.0 Å². The maximum atomic E-state index is 13.6. The average Bonchev–Trinajstić information content (AvgIpc) is 3.45. The van der Waals surface area contributed by atoms with Gasteiger partial charge in [-0.05, 0) is 67.3 Å². The minimum Gasteiger partial charge on any atom is -0.503 e. The molecule has 1 fully saturated rings. The normalized spacial score (nSPS) is 18.9. The Balaban J connectivity index is 1.52. The number of aryl methyl sites for hydroxylation is 1. The summed E-state index contributed by atoms with van der Waals surface area (Å²) in [6.45, 7) is 1.72. The Hall–Kier alpha value is -3.94. The zero-order chi connectivity index (χ0) is 24.5. The molecule has 1 unspecified atom stereocenters. The van der Waals surface area contributed by atoms with Gasteiger partial charge in [-0.25, -0.2) is 0 Å². The molecule has 0 bridgehead atoms. The highest BCUT2D eigenvalue weighted by molar-refractivity contribution is 6.20. The van der Waals surface area contributed by atoms with Crippen molar-refractivity contribution in [1.82, 2.24) is 10.1 Å².